The van der Waals surface area contributed by atoms with Crippen LogP contribution in [0.3, 0.4) is 0 Å². The molecule has 234 valence electrons. The summed E-state index contributed by atoms with van der Waals surface area (Å²) in [5.41, 5.74) is 10.7. The highest BCUT2D eigenvalue weighted by molar-refractivity contribution is 6.12. The van der Waals surface area contributed by atoms with Gasteiger partial charge in [0.1, 0.15) is 22.3 Å². The molecule has 0 fully saturated rings. The fourth-order valence-corrected chi connectivity index (χ4v) is 6.90. The summed E-state index contributed by atoms with van der Waals surface area (Å²) >= 11 is 0. The van der Waals surface area contributed by atoms with E-state index in [0.717, 1.165) is 82.8 Å². The normalized spacial score (nSPS) is 11.6. The number of hydrogen-bond donors (Lipinski definition) is 0. The molecule has 0 aliphatic heterocycles. The summed E-state index contributed by atoms with van der Waals surface area (Å²) in [6.07, 6.45) is 0. The first kappa shape index (κ1) is 28.2. The Morgan fingerprint density at radius 3 is 1.62 bits per heavy atom. The number of aromatic nitrogens is 3. The molecule has 3 aromatic heterocycles. The van der Waals surface area contributed by atoms with Crippen LogP contribution in [0.1, 0.15) is 0 Å². The quantitative estimate of drug-likeness (QED) is 0.187. The first-order valence-corrected chi connectivity index (χ1v) is 16.6. The molecule has 0 spiro atoms. The summed E-state index contributed by atoms with van der Waals surface area (Å²) in [6.45, 7) is 0. The summed E-state index contributed by atoms with van der Waals surface area (Å²) in [5, 5.41) is 4.28. The van der Waals surface area contributed by atoms with Crippen LogP contribution in [-0.4, -0.2) is 15.0 Å². The maximum atomic E-state index is 6.20. The molecule has 0 bridgehead atoms. The number of para-hydroxylation sites is 2. The standard InChI is InChI=1S/C45H27N3O2/c1-2-10-30(11-3-1)43-46-44(48-45(47-43)36-16-9-19-41-42(36)35-15-5-7-18-39(35)50-41)33-13-8-12-31(26-33)28-20-22-29(23-21-28)32-24-25-40-37(27-32)34-14-4-6-17-38(34)49-40/h1-27H. The van der Waals surface area contributed by atoms with Gasteiger partial charge in [-0.1, -0.05) is 127 Å². The van der Waals surface area contributed by atoms with Crippen molar-refractivity contribution in [3.05, 3.63) is 164 Å². The van der Waals surface area contributed by atoms with Crippen molar-refractivity contribution in [2.24, 2.45) is 0 Å². The fraction of sp³-hybridized carbons (Fsp3) is 0. The van der Waals surface area contributed by atoms with E-state index in [1.54, 1.807) is 0 Å². The van der Waals surface area contributed by atoms with Crippen LogP contribution in [0, 0.1) is 0 Å². The van der Waals surface area contributed by atoms with Gasteiger partial charge in [0.05, 0.1) is 0 Å². The molecule has 0 saturated heterocycles. The Morgan fingerprint density at radius 1 is 0.300 bits per heavy atom. The van der Waals surface area contributed by atoms with Gasteiger partial charge in [-0.3, -0.25) is 0 Å². The molecule has 0 radical (unpaired) electrons. The smallest absolute Gasteiger partial charge is 0.164 e. The minimum absolute atomic E-state index is 0.600. The maximum absolute atomic E-state index is 6.20. The average molecular weight is 642 g/mol. The predicted molar refractivity (Wildman–Crippen MR) is 202 cm³/mol. The fourth-order valence-electron chi connectivity index (χ4n) is 6.90. The lowest BCUT2D eigenvalue weighted by molar-refractivity contribution is 0.668. The van der Waals surface area contributed by atoms with Gasteiger partial charge in [0.2, 0.25) is 0 Å². The van der Waals surface area contributed by atoms with Crippen molar-refractivity contribution in [2.45, 2.75) is 0 Å². The highest BCUT2D eigenvalue weighted by atomic mass is 16.3. The number of furan rings is 2. The summed E-state index contributed by atoms with van der Waals surface area (Å²) in [6, 6.07) is 55.9. The zero-order chi connectivity index (χ0) is 33.0. The van der Waals surface area contributed by atoms with E-state index in [1.807, 2.05) is 72.8 Å². The van der Waals surface area contributed by atoms with Gasteiger partial charge < -0.3 is 8.83 Å². The Labute approximate surface area is 287 Å². The molecule has 0 saturated carbocycles. The van der Waals surface area contributed by atoms with Gasteiger partial charge in [0.25, 0.3) is 0 Å². The molecule has 10 aromatic rings. The number of hydrogen-bond acceptors (Lipinski definition) is 5. The van der Waals surface area contributed by atoms with Gasteiger partial charge in [-0.15, -0.1) is 0 Å². The van der Waals surface area contributed by atoms with Gasteiger partial charge in [0, 0.05) is 38.2 Å². The number of rotatable bonds is 5. The Morgan fingerprint density at radius 2 is 0.820 bits per heavy atom. The second-order valence-corrected chi connectivity index (χ2v) is 12.4. The first-order valence-electron chi connectivity index (χ1n) is 16.6. The van der Waals surface area contributed by atoms with Gasteiger partial charge in [0.15, 0.2) is 17.5 Å². The molecule has 0 amide bonds. The van der Waals surface area contributed by atoms with Crippen LogP contribution in [0.15, 0.2) is 173 Å². The molecular weight excluding hydrogens is 615 g/mol. The van der Waals surface area contributed by atoms with E-state index in [0.29, 0.717) is 17.5 Å². The Kier molecular flexibility index (Phi) is 6.42. The zero-order valence-electron chi connectivity index (χ0n) is 26.7. The number of fused-ring (bicyclic) bond motifs is 6. The van der Waals surface area contributed by atoms with E-state index in [2.05, 4.69) is 91.0 Å². The topological polar surface area (TPSA) is 65.0 Å². The van der Waals surface area contributed by atoms with Gasteiger partial charge in [-0.05, 0) is 58.7 Å². The van der Waals surface area contributed by atoms with Crippen molar-refractivity contribution in [1.29, 1.82) is 0 Å². The highest BCUT2D eigenvalue weighted by Gasteiger charge is 2.18. The van der Waals surface area contributed by atoms with Crippen molar-refractivity contribution in [1.82, 2.24) is 15.0 Å². The Bertz CT molecular complexity index is 2870. The lowest BCUT2D eigenvalue weighted by Gasteiger charge is -2.10. The molecule has 5 heteroatoms. The van der Waals surface area contributed by atoms with Gasteiger partial charge in [-0.2, -0.15) is 0 Å². The highest BCUT2D eigenvalue weighted by Crippen LogP contribution is 2.37. The molecule has 3 heterocycles. The second-order valence-electron chi connectivity index (χ2n) is 12.4. The van der Waals surface area contributed by atoms with E-state index >= 15 is 0 Å². The van der Waals surface area contributed by atoms with Gasteiger partial charge in [-0.25, -0.2) is 15.0 Å². The third kappa shape index (κ3) is 4.75. The number of nitrogens with zero attached hydrogens (tertiary/aromatic N) is 3. The van der Waals surface area contributed by atoms with Crippen molar-refractivity contribution in [2.75, 3.05) is 0 Å². The van der Waals surface area contributed by atoms with Crippen LogP contribution >= 0.6 is 0 Å². The van der Waals surface area contributed by atoms with Crippen LogP contribution in [0.5, 0.6) is 0 Å². The minimum Gasteiger partial charge on any atom is -0.456 e. The molecule has 0 N–H and O–H groups in total. The maximum Gasteiger partial charge on any atom is 0.164 e. The van der Waals surface area contributed by atoms with E-state index in [1.165, 1.54) is 0 Å². The lowest BCUT2D eigenvalue weighted by atomic mass is 9.98. The monoisotopic (exact) mass is 641 g/mol. The first-order chi connectivity index (χ1) is 24.7. The molecule has 0 atom stereocenters. The van der Waals surface area contributed by atoms with Crippen LogP contribution in [0.2, 0.25) is 0 Å². The third-order valence-electron chi connectivity index (χ3n) is 9.36. The molecule has 10 rings (SSSR count). The molecule has 0 aliphatic carbocycles. The predicted octanol–water partition coefficient (Wildman–Crippen LogP) is 12.0. The lowest BCUT2D eigenvalue weighted by Crippen LogP contribution is -2.00. The van der Waals surface area contributed by atoms with E-state index < -0.39 is 0 Å². The van der Waals surface area contributed by atoms with E-state index in [9.17, 15) is 0 Å². The van der Waals surface area contributed by atoms with E-state index in [4.69, 9.17) is 23.8 Å². The SMILES string of the molecule is c1ccc(-c2nc(-c3cccc(-c4ccc(-c5ccc6oc7ccccc7c6c5)cc4)c3)nc(-c3cccc4oc5ccccc5c34)n2)cc1. The molecular formula is C45H27N3O2. The van der Waals surface area contributed by atoms with Crippen LogP contribution in [-0.2, 0) is 0 Å². The minimum atomic E-state index is 0.600. The third-order valence-corrected chi connectivity index (χ3v) is 9.36. The summed E-state index contributed by atoms with van der Waals surface area (Å²) in [5.74, 6) is 1.83. The number of benzene rings is 7. The van der Waals surface area contributed by atoms with Crippen LogP contribution in [0.25, 0.3) is 100 Å². The van der Waals surface area contributed by atoms with Crippen LogP contribution < -0.4 is 0 Å². The largest absolute Gasteiger partial charge is 0.456 e. The van der Waals surface area contributed by atoms with Crippen LogP contribution in [0.4, 0.5) is 0 Å². The zero-order valence-corrected chi connectivity index (χ0v) is 26.7. The summed E-state index contributed by atoms with van der Waals surface area (Å²) < 4.78 is 12.2. The molecule has 7 aromatic carbocycles. The van der Waals surface area contributed by atoms with Crippen molar-refractivity contribution < 1.29 is 8.83 Å². The Balaban J connectivity index is 1.06. The molecule has 50 heavy (non-hydrogen) atoms. The van der Waals surface area contributed by atoms with E-state index in [-0.39, 0.29) is 0 Å². The molecule has 0 unspecified atom stereocenters. The Hall–Kier alpha value is -6.85. The summed E-state index contributed by atoms with van der Waals surface area (Å²) in [4.78, 5) is 15.1. The van der Waals surface area contributed by atoms with Crippen molar-refractivity contribution >= 4 is 43.9 Å². The average Bonchev–Trinajstić information content (AvgIpc) is 3.76. The summed E-state index contributed by atoms with van der Waals surface area (Å²) in [7, 11) is 0. The van der Waals surface area contributed by atoms with Crippen molar-refractivity contribution in [3.8, 4) is 56.4 Å². The van der Waals surface area contributed by atoms with Crippen molar-refractivity contribution in [3.63, 3.8) is 0 Å². The second kappa shape index (κ2) is 11.4. The van der Waals surface area contributed by atoms with Gasteiger partial charge >= 0.3 is 0 Å². The molecule has 0 aliphatic rings. The molecule has 5 nitrogen and oxygen atoms in total.